The average Bonchev–Trinajstić information content (AvgIpc) is 2.73. The molecule has 0 aliphatic heterocycles. The molecule has 3 rings (SSSR count). The molecular formula is C21H29N3O3S. The highest BCUT2D eigenvalue weighted by atomic mass is 32.2. The van der Waals surface area contributed by atoms with Crippen molar-refractivity contribution in [3.8, 4) is 0 Å². The van der Waals surface area contributed by atoms with Crippen molar-refractivity contribution in [3.05, 3.63) is 40.9 Å². The Balaban J connectivity index is 1.53. The van der Waals surface area contributed by atoms with E-state index in [1.54, 1.807) is 22.7 Å². The van der Waals surface area contributed by atoms with E-state index in [-0.39, 0.29) is 30.0 Å². The fraction of sp³-hybridized carbons (Fsp3) is 0.571. The van der Waals surface area contributed by atoms with Crippen LogP contribution in [0.5, 0.6) is 0 Å². The first-order valence-corrected chi connectivity index (χ1v) is 11.4. The third kappa shape index (κ3) is 5.14. The lowest BCUT2D eigenvalue weighted by molar-refractivity contribution is -0.127. The number of hydrogen-bond acceptors (Lipinski definition) is 5. The molecule has 28 heavy (non-hydrogen) atoms. The Bertz CT molecular complexity index is 846. The number of nitrogens with one attached hydrogen (secondary N) is 1. The van der Waals surface area contributed by atoms with E-state index in [4.69, 9.17) is 0 Å². The number of hydrogen-bond donors (Lipinski definition) is 2. The molecule has 0 bridgehead atoms. The zero-order chi connectivity index (χ0) is 19.9. The molecule has 7 heteroatoms. The quantitative estimate of drug-likeness (QED) is 0.707. The number of aliphatic hydroxyl groups excluding tert-OH is 1. The number of aliphatic hydroxyl groups is 1. The standard InChI is InChI=1S/C21H29N3O3S/c1-28-11-10-17(13-25)23-20(26)16-8-6-15(7-9-16)12-24-14-22-19-5-3-2-4-18(19)21(24)27/h2-5,14-17,25H,6-13H2,1H3,(H,23,26)/t15?,16?,17-/m0/s1. The van der Waals surface area contributed by atoms with E-state index in [1.807, 2.05) is 30.5 Å². The van der Waals surface area contributed by atoms with Crippen molar-refractivity contribution in [2.24, 2.45) is 11.8 Å². The van der Waals surface area contributed by atoms with Crippen molar-refractivity contribution in [2.75, 3.05) is 18.6 Å². The monoisotopic (exact) mass is 403 g/mol. The minimum atomic E-state index is -0.153. The molecule has 1 aromatic carbocycles. The number of rotatable bonds is 8. The third-order valence-corrected chi connectivity index (χ3v) is 6.29. The summed E-state index contributed by atoms with van der Waals surface area (Å²) < 4.78 is 1.71. The minimum Gasteiger partial charge on any atom is -0.394 e. The summed E-state index contributed by atoms with van der Waals surface area (Å²) in [5.74, 6) is 1.37. The zero-order valence-corrected chi connectivity index (χ0v) is 17.2. The highest BCUT2D eigenvalue weighted by Crippen LogP contribution is 2.30. The van der Waals surface area contributed by atoms with Gasteiger partial charge < -0.3 is 10.4 Å². The maximum Gasteiger partial charge on any atom is 0.261 e. The summed E-state index contributed by atoms with van der Waals surface area (Å²) in [5.41, 5.74) is 0.731. The largest absolute Gasteiger partial charge is 0.394 e. The van der Waals surface area contributed by atoms with E-state index >= 15 is 0 Å². The van der Waals surface area contributed by atoms with Crippen molar-refractivity contribution in [3.63, 3.8) is 0 Å². The molecule has 1 heterocycles. The van der Waals surface area contributed by atoms with Gasteiger partial charge in [0.2, 0.25) is 5.91 Å². The van der Waals surface area contributed by atoms with Crippen LogP contribution in [0.1, 0.15) is 32.1 Å². The van der Waals surface area contributed by atoms with Crippen molar-refractivity contribution >= 4 is 28.6 Å². The predicted molar refractivity (Wildman–Crippen MR) is 113 cm³/mol. The van der Waals surface area contributed by atoms with E-state index in [9.17, 15) is 14.7 Å². The topological polar surface area (TPSA) is 84.2 Å². The second-order valence-electron chi connectivity index (χ2n) is 7.61. The normalized spacial score (nSPS) is 20.8. The number of thioether (sulfide) groups is 1. The van der Waals surface area contributed by atoms with Gasteiger partial charge in [0.05, 0.1) is 29.9 Å². The summed E-state index contributed by atoms with van der Waals surface area (Å²) in [6.07, 6.45) is 7.95. The molecule has 0 radical (unpaired) electrons. The minimum absolute atomic E-state index is 0.00467. The average molecular weight is 404 g/mol. The van der Waals surface area contributed by atoms with Crippen LogP contribution in [0.15, 0.2) is 35.4 Å². The van der Waals surface area contributed by atoms with Crippen LogP contribution in [0.4, 0.5) is 0 Å². The molecule has 1 aliphatic rings. The highest BCUT2D eigenvalue weighted by Gasteiger charge is 2.27. The van der Waals surface area contributed by atoms with Crippen LogP contribution in [0.2, 0.25) is 0 Å². The van der Waals surface area contributed by atoms with Crippen LogP contribution < -0.4 is 10.9 Å². The van der Waals surface area contributed by atoms with Gasteiger partial charge in [-0.25, -0.2) is 4.98 Å². The lowest BCUT2D eigenvalue weighted by Crippen LogP contribution is -2.42. The fourth-order valence-electron chi connectivity index (χ4n) is 3.91. The van der Waals surface area contributed by atoms with Crippen LogP contribution in [-0.4, -0.2) is 45.2 Å². The summed E-state index contributed by atoms with van der Waals surface area (Å²) in [6, 6.07) is 7.26. The number of fused-ring (bicyclic) bond motifs is 1. The van der Waals surface area contributed by atoms with Gasteiger partial charge in [-0.05, 0) is 62.2 Å². The van der Waals surface area contributed by atoms with E-state index in [1.165, 1.54) is 0 Å². The molecule has 1 saturated carbocycles. The molecule has 0 spiro atoms. The molecule has 1 aliphatic carbocycles. The Kier molecular flexibility index (Phi) is 7.50. The maximum atomic E-state index is 12.6. The van der Waals surface area contributed by atoms with Crippen molar-refractivity contribution in [2.45, 2.75) is 44.7 Å². The summed E-state index contributed by atoms with van der Waals surface area (Å²) in [6.45, 7) is 0.636. The predicted octanol–water partition coefficient (Wildman–Crippen LogP) is 2.43. The molecule has 1 atom stereocenters. The second kappa shape index (κ2) is 10.1. The van der Waals surface area contributed by atoms with Gasteiger partial charge in [-0.2, -0.15) is 11.8 Å². The van der Waals surface area contributed by atoms with Crippen molar-refractivity contribution < 1.29 is 9.90 Å². The first-order chi connectivity index (χ1) is 13.6. The van der Waals surface area contributed by atoms with Gasteiger partial charge in [0, 0.05) is 12.5 Å². The number of amides is 1. The SMILES string of the molecule is CSCC[C@@H](CO)NC(=O)C1CCC(Cn2cnc3ccccc3c2=O)CC1. The molecule has 2 N–H and O–H groups in total. The first-order valence-electron chi connectivity index (χ1n) is 9.96. The summed E-state index contributed by atoms with van der Waals surface area (Å²) >= 11 is 1.72. The van der Waals surface area contributed by atoms with Crippen LogP contribution in [0, 0.1) is 11.8 Å². The molecule has 1 amide bonds. The Morgan fingerprint density at radius 1 is 1.32 bits per heavy atom. The summed E-state index contributed by atoms with van der Waals surface area (Å²) in [4.78, 5) is 29.5. The van der Waals surface area contributed by atoms with Gasteiger partial charge in [0.15, 0.2) is 0 Å². The number of carbonyl (C=O) groups excluding carboxylic acids is 1. The molecule has 1 aromatic heterocycles. The van der Waals surface area contributed by atoms with Gasteiger partial charge in [0.1, 0.15) is 0 Å². The van der Waals surface area contributed by atoms with Crippen LogP contribution in [0.25, 0.3) is 10.9 Å². The van der Waals surface area contributed by atoms with Crippen LogP contribution in [-0.2, 0) is 11.3 Å². The highest BCUT2D eigenvalue weighted by molar-refractivity contribution is 7.98. The van der Waals surface area contributed by atoms with Crippen LogP contribution in [0.3, 0.4) is 0 Å². The smallest absolute Gasteiger partial charge is 0.261 e. The Hall–Kier alpha value is -1.86. The number of carbonyl (C=O) groups is 1. The molecule has 2 aromatic rings. The lowest BCUT2D eigenvalue weighted by atomic mass is 9.81. The van der Waals surface area contributed by atoms with E-state index in [0.29, 0.717) is 17.8 Å². The number of para-hydroxylation sites is 1. The number of aromatic nitrogens is 2. The third-order valence-electron chi connectivity index (χ3n) is 5.64. The first kappa shape index (κ1) is 20.9. The van der Waals surface area contributed by atoms with Crippen molar-refractivity contribution in [1.82, 2.24) is 14.9 Å². The Morgan fingerprint density at radius 3 is 2.79 bits per heavy atom. The van der Waals surface area contributed by atoms with E-state index in [2.05, 4.69) is 10.3 Å². The lowest BCUT2D eigenvalue weighted by Gasteiger charge is -2.29. The van der Waals surface area contributed by atoms with Gasteiger partial charge in [-0.3, -0.25) is 14.2 Å². The van der Waals surface area contributed by atoms with Gasteiger partial charge >= 0.3 is 0 Å². The van der Waals surface area contributed by atoms with Crippen molar-refractivity contribution in [1.29, 1.82) is 0 Å². The second-order valence-corrected chi connectivity index (χ2v) is 8.59. The van der Waals surface area contributed by atoms with Crippen LogP contribution >= 0.6 is 11.8 Å². The zero-order valence-electron chi connectivity index (χ0n) is 16.3. The fourth-order valence-corrected chi connectivity index (χ4v) is 4.43. The van der Waals surface area contributed by atoms with Gasteiger partial charge in [-0.15, -0.1) is 0 Å². The van der Waals surface area contributed by atoms with Gasteiger partial charge in [0.25, 0.3) is 5.56 Å². The summed E-state index contributed by atoms with van der Waals surface area (Å²) in [7, 11) is 0. The molecule has 0 saturated heterocycles. The van der Waals surface area contributed by atoms with E-state index in [0.717, 1.165) is 43.4 Å². The molecule has 6 nitrogen and oxygen atoms in total. The molecular weight excluding hydrogens is 374 g/mol. The van der Waals surface area contributed by atoms with E-state index < -0.39 is 0 Å². The molecule has 152 valence electrons. The number of nitrogens with zero attached hydrogens (tertiary/aromatic N) is 2. The Morgan fingerprint density at radius 2 is 2.07 bits per heavy atom. The number of benzene rings is 1. The molecule has 1 fully saturated rings. The Labute approximate surface area is 169 Å². The van der Waals surface area contributed by atoms with Gasteiger partial charge in [-0.1, -0.05) is 12.1 Å². The summed E-state index contributed by atoms with van der Waals surface area (Å²) in [5, 5.41) is 13.1. The molecule has 0 unspecified atom stereocenters. The maximum absolute atomic E-state index is 12.6.